The van der Waals surface area contributed by atoms with Crippen LogP contribution in [0.2, 0.25) is 0 Å². The minimum atomic E-state index is -0.533. The average molecular weight is 610 g/mol. The van der Waals surface area contributed by atoms with Gasteiger partial charge in [-0.1, -0.05) is 36.4 Å². The number of benzene rings is 2. The normalized spacial score (nSPS) is 17.0. The first kappa shape index (κ1) is 28.6. The topological polar surface area (TPSA) is 108 Å². The van der Waals surface area contributed by atoms with Gasteiger partial charge in [-0.15, -0.1) is 10.2 Å². The highest BCUT2D eigenvalue weighted by molar-refractivity contribution is 7.99. The molecule has 2 N–H and O–H groups in total. The standard InChI is InChI=1S/C33H35N7O3S/c1-21-5-9-23(10-6-21)40-29(26-20-43-32(2,3)28(26)38-40)35-31(41)34-22-7-11-24(12-8-22)44-25-13-14-27-36-37-30(39(27)19-25)33(4)15-17-42-18-16-33/h5-14,19H,15-18,20H2,1-4H3,(H2,34,35,41). The zero-order chi connectivity index (χ0) is 30.5. The van der Waals surface area contributed by atoms with Gasteiger partial charge in [-0.3, -0.25) is 9.72 Å². The van der Waals surface area contributed by atoms with Gasteiger partial charge in [0.15, 0.2) is 5.65 Å². The molecule has 0 unspecified atom stereocenters. The number of hydrogen-bond acceptors (Lipinski definition) is 7. The lowest BCUT2D eigenvalue weighted by Gasteiger charge is -2.31. The Bertz CT molecular complexity index is 1840. The lowest BCUT2D eigenvalue weighted by atomic mass is 9.81. The summed E-state index contributed by atoms with van der Waals surface area (Å²) in [4.78, 5) is 15.3. The number of fused-ring (bicyclic) bond motifs is 2. The molecule has 5 heterocycles. The Morgan fingerprint density at radius 3 is 2.39 bits per heavy atom. The second-order valence-electron chi connectivity index (χ2n) is 12.2. The molecule has 3 aromatic heterocycles. The Hall–Kier alpha value is -4.19. The van der Waals surface area contributed by atoms with E-state index in [0.717, 1.165) is 69.8 Å². The second-order valence-corrected chi connectivity index (χ2v) is 13.4. The van der Waals surface area contributed by atoms with E-state index in [0.29, 0.717) is 18.1 Å². The predicted molar refractivity (Wildman–Crippen MR) is 170 cm³/mol. The smallest absolute Gasteiger partial charge is 0.324 e. The Kier molecular flexibility index (Phi) is 7.19. The van der Waals surface area contributed by atoms with Crippen molar-refractivity contribution in [2.75, 3.05) is 23.8 Å². The number of urea groups is 1. The number of anilines is 2. The average Bonchev–Trinajstić information content (AvgIpc) is 3.68. The van der Waals surface area contributed by atoms with Crippen molar-refractivity contribution in [1.29, 1.82) is 0 Å². The molecule has 0 radical (unpaired) electrons. The summed E-state index contributed by atoms with van der Waals surface area (Å²) in [6.07, 6.45) is 3.96. The predicted octanol–water partition coefficient (Wildman–Crippen LogP) is 6.85. The number of aryl methyl sites for hydroxylation is 1. The fourth-order valence-electron chi connectivity index (χ4n) is 5.79. The van der Waals surface area contributed by atoms with Crippen molar-refractivity contribution in [3.8, 4) is 5.69 Å². The van der Waals surface area contributed by atoms with E-state index >= 15 is 0 Å². The van der Waals surface area contributed by atoms with Crippen LogP contribution in [0.25, 0.3) is 11.3 Å². The van der Waals surface area contributed by atoms with Crippen molar-refractivity contribution in [1.82, 2.24) is 24.4 Å². The van der Waals surface area contributed by atoms with Crippen LogP contribution in [0.3, 0.4) is 0 Å². The third-order valence-electron chi connectivity index (χ3n) is 8.50. The maximum absolute atomic E-state index is 13.2. The Morgan fingerprint density at radius 1 is 0.909 bits per heavy atom. The van der Waals surface area contributed by atoms with Gasteiger partial charge in [0.1, 0.15) is 22.9 Å². The molecule has 7 rings (SSSR count). The van der Waals surface area contributed by atoms with E-state index in [2.05, 4.69) is 44.4 Å². The lowest BCUT2D eigenvalue weighted by molar-refractivity contribution is -0.0114. The molecule has 0 aliphatic carbocycles. The number of pyridine rings is 1. The molecule has 0 atom stereocenters. The van der Waals surface area contributed by atoms with Crippen LogP contribution in [0, 0.1) is 6.92 Å². The van der Waals surface area contributed by atoms with Gasteiger partial charge in [0.05, 0.1) is 12.3 Å². The number of amides is 2. The molecule has 0 saturated carbocycles. The first-order valence-electron chi connectivity index (χ1n) is 14.8. The van der Waals surface area contributed by atoms with Crippen LogP contribution < -0.4 is 10.6 Å². The molecule has 0 spiro atoms. The first-order valence-corrected chi connectivity index (χ1v) is 15.6. The van der Waals surface area contributed by atoms with Crippen molar-refractivity contribution in [3.05, 3.63) is 89.5 Å². The molecule has 5 aromatic rings. The summed E-state index contributed by atoms with van der Waals surface area (Å²) in [5.41, 5.74) is 4.67. The number of nitrogens with zero attached hydrogens (tertiary/aromatic N) is 5. The lowest BCUT2D eigenvalue weighted by Crippen LogP contribution is -2.32. The van der Waals surface area contributed by atoms with Crippen LogP contribution in [-0.2, 0) is 27.1 Å². The third kappa shape index (κ3) is 5.36. The van der Waals surface area contributed by atoms with Gasteiger partial charge in [-0.2, -0.15) is 5.10 Å². The number of rotatable bonds is 6. The zero-order valence-corrected chi connectivity index (χ0v) is 26.1. The van der Waals surface area contributed by atoms with Gasteiger partial charge in [0.2, 0.25) is 0 Å². The molecule has 10 nitrogen and oxygen atoms in total. The van der Waals surface area contributed by atoms with E-state index in [1.54, 1.807) is 16.4 Å². The Morgan fingerprint density at radius 2 is 1.64 bits per heavy atom. The molecule has 2 aliphatic rings. The molecule has 1 fully saturated rings. The Balaban J connectivity index is 1.06. The molecule has 11 heteroatoms. The second kappa shape index (κ2) is 11.1. The van der Waals surface area contributed by atoms with Gasteiger partial charge in [-0.05, 0) is 82.1 Å². The summed E-state index contributed by atoms with van der Waals surface area (Å²) >= 11 is 1.65. The van der Waals surface area contributed by atoms with E-state index in [-0.39, 0.29) is 11.4 Å². The molecule has 226 valence electrons. The van der Waals surface area contributed by atoms with Gasteiger partial charge in [-0.25, -0.2) is 9.48 Å². The highest BCUT2D eigenvalue weighted by atomic mass is 32.2. The SMILES string of the molecule is Cc1ccc(-n2nc3c(c2NC(=O)Nc2ccc(Sc4ccc5nnc(C6(C)CCOCC6)n5c4)cc2)COC3(C)C)cc1. The molecule has 2 aromatic carbocycles. The fourth-order valence-corrected chi connectivity index (χ4v) is 6.63. The summed E-state index contributed by atoms with van der Waals surface area (Å²) in [7, 11) is 0. The zero-order valence-electron chi connectivity index (χ0n) is 25.3. The number of aromatic nitrogens is 5. The van der Waals surface area contributed by atoms with E-state index in [1.165, 1.54) is 0 Å². The van der Waals surface area contributed by atoms with Crippen LogP contribution in [0.15, 0.2) is 76.7 Å². The summed E-state index contributed by atoms with van der Waals surface area (Å²) in [6, 6.07) is 19.6. The molecule has 2 aliphatic heterocycles. The highest BCUT2D eigenvalue weighted by Crippen LogP contribution is 2.40. The minimum Gasteiger partial charge on any atom is -0.381 e. The maximum atomic E-state index is 13.2. The highest BCUT2D eigenvalue weighted by Gasteiger charge is 2.38. The first-order chi connectivity index (χ1) is 21.2. The molecule has 1 saturated heterocycles. The summed E-state index contributed by atoms with van der Waals surface area (Å²) in [5.74, 6) is 1.59. The van der Waals surface area contributed by atoms with Crippen LogP contribution in [0.1, 0.15) is 56.3 Å². The number of nitrogens with one attached hydrogen (secondary N) is 2. The summed E-state index contributed by atoms with van der Waals surface area (Å²) in [6.45, 7) is 10.1. The molecule has 2 amide bonds. The van der Waals surface area contributed by atoms with Gasteiger partial charge < -0.3 is 14.8 Å². The van der Waals surface area contributed by atoms with Crippen LogP contribution in [0.4, 0.5) is 16.3 Å². The molecule has 0 bridgehead atoms. The van der Waals surface area contributed by atoms with Crippen molar-refractivity contribution in [3.63, 3.8) is 0 Å². The number of carbonyl (C=O) groups excluding carboxylic acids is 1. The van der Waals surface area contributed by atoms with Gasteiger partial charge in [0.25, 0.3) is 0 Å². The van der Waals surface area contributed by atoms with E-state index in [1.807, 2.05) is 75.4 Å². The van der Waals surface area contributed by atoms with Crippen LogP contribution >= 0.6 is 11.8 Å². The maximum Gasteiger partial charge on any atom is 0.324 e. The van der Waals surface area contributed by atoms with Crippen LogP contribution in [0.5, 0.6) is 0 Å². The summed E-state index contributed by atoms with van der Waals surface area (Å²) in [5, 5.41) is 19.8. The fraction of sp³-hybridized carbons (Fsp3) is 0.333. The number of hydrogen-bond donors (Lipinski definition) is 2. The van der Waals surface area contributed by atoms with Crippen molar-refractivity contribution >= 4 is 34.9 Å². The minimum absolute atomic E-state index is 0.0595. The molecular weight excluding hydrogens is 574 g/mol. The van der Waals surface area contributed by atoms with Gasteiger partial charge in [0, 0.05) is 45.9 Å². The van der Waals surface area contributed by atoms with E-state index in [4.69, 9.17) is 14.6 Å². The molecule has 44 heavy (non-hydrogen) atoms. The largest absolute Gasteiger partial charge is 0.381 e. The number of ether oxygens (including phenoxy) is 2. The summed E-state index contributed by atoms with van der Waals surface area (Å²) < 4.78 is 15.4. The molecular formula is C33H35N7O3S. The Labute approximate surface area is 260 Å². The number of carbonyl (C=O) groups is 1. The quantitative estimate of drug-likeness (QED) is 0.217. The monoisotopic (exact) mass is 609 g/mol. The van der Waals surface area contributed by atoms with Crippen molar-refractivity contribution in [2.45, 2.75) is 68.0 Å². The van der Waals surface area contributed by atoms with Gasteiger partial charge >= 0.3 is 6.03 Å². The van der Waals surface area contributed by atoms with Crippen molar-refractivity contribution in [2.24, 2.45) is 0 Å². The third-order valence-corrected chi connectivity index (χ3v) is 9.49. The van der Waals surface area contributed by atoms with Crippen LogP contribution in [-0.4, -0.2) is 43.6 Å². The van der Waals surface area contributed by atoms with Crippen molar-refractivity contribution < 1.29 is 14.3 Å². The van der Waals surface area contributed by atoms with E-state index < -0.39 is 5.60 Å². The van der Waals surface area contributed by atoms with E-state index in [9.17, 15) is 4.79 Å².